The summed E-state index contributed by atoms with van der Waals surface area (Å²) >= 11 is 0. The molecule has 1 atom stereocenters. The first-order valence-electron chi connectivity index (χ1n) is 6.03. The molecule has 2 aromatic rings. The van der Waals surface area contributed by atoms with E-state index in [1.165, 1.54) is 0 Å². The van der Waals surface area contributed by atoms with Crippen molar-refractivity contribution in [2.24, 2.45) is 5.73 Å². The summed E-state index contributed by atoms with van der Waals surface area (Å²) in [5, 5.41) is 4.51. The molecule has 0 saturated carbocycles. The number of para-hydroxylation sites is 1. The molecule has 0 aliphatic carbocycles. The maximum atomic E-state index is 5.92. The summed E-state index contributed by atoms with van der Waals surface area (Å²) in [6, 6.07) is 9.99. The Morgan fingerprint density at radius 3 is 2.61 bits per heavy atom. The van der Waals surface area contributed by atoms with Gasteiger partial charge in [0, 0.05) is 17.8 Å². The number of hydrogen-bond acceptors (Lipinski definition) is 3. The van der Waals surface area contributed by atoms with E-state index in [1.807, 2.05) is 42.8 Å². The number of hydrogen-bond donors (Lipinski definition) is 1. The molecule has 0 saturated heterocycles. The first-order chi connectivity index (χ1) is 8.67. The van der Waals surface area contributed by atoms with Gasteiger partial charge in [0.15, 0.2) is 0 Å². The molecule has 96 valence electrons. The van der Waals surface area contributed by atoms with Gasteiger partial charge in [-0.1, -0.05) is 18.2 Å². The van der Waals surface area contributed by atoms with Crippen LogP contribution in [0, 0.1) is 13.8 Å². The summed E-state index contributed by atoms with van der Waals surface area (Å²) in [5.41, 5.74) is 9.09. The molecule has 1 unspecified atom stereocenters. The van der Waals surface area contributed by atoms with Gasteiger partial charge in [0.1, 0.15) is 5.75 Å². The molecule has 2 N–H and O–H groups in total. The van der Waals surface area contributed by atoms with Gasteiger partial charge in [-0.15, -0.1) is 0 Å². The predicted octanol–water partition coefficient (Wildman–Crippen LogP) is 2.06. The van der Waals surface area contributed by atoms with Crippen molar-refractivity contribution in [2.45, 2.75) is 19.9 Å². The van der Waals surface area contributed by atoms with Crippen LogP contribution < -0.4 is 10.5 Å². The summed E-state index contributed by atoms with van der Waals surface area (Å²) in [7, 11) is 1.67. The van der Waals surface area contributed by atoms with Crippen molar-refractivity contribution in [1.29, 1.82) is 0 Å². The molecule has 4 nitrogen and oxygen atoms in total. The average Bonchev–Trinajstić information content (AvgIpc) is 2.70. The lowest BCUT2D eigenvalue weighted by molar-refractivity contribution is 0.397. The highest BCUT2D eigenvalue weighted by molar-refractivity contribution is 5.36. The minimum atomic E-state index is 0.00912. The molecule has 0 fully saturated rings. The van der Waals surface area contributed by atoms with Crippen LogP contribution in [0.2, 0.25) is 0 Å². The second kappa shape index (κ2) is 5.23. The second-order valence-corrected chi connectivity index (χ2v) is 4.37. The molecule has 0 amide bonds. The van der Waals surface area contributed by atoms with Crippen molar-refractivity contribution in [3.8, 4) is 5.75 Å². The molecular weight excluding hydrogens is 226 g/mol. The summed E-state index contributed by atoms with van der Waals surface area (Å²) in [6.45, 7) is 4.51. The molecule has 0 bridgehead atoms. The number of nitrogens with two attached hydrogens (primary N) is 1. The predicted molar refractivity (Wildman–Crippen MR) is 71.9 cm³/mol. The minimum absolute atomic E-state index is 0.00912. The highest BCUT2D eigenvalue weighted by Gasteiger charge is 2.18. The van der Waals surface area contributed by atoms with E-state index in [2.05, 4.69) is 11.2 Å². The van der Waals surface area contributed by atoms with Crippen LogP contribution in [-0.2, 0) is 0 Å². The highest BCUT2D eigenvalue weighted by atomic mass is 16.5. The molecular formula is C14H19N3O. The van der Waals surface area contributed by atoms with E-state index in [4.69, 9.17) is 10.5 Å². The number of methoxy groups -OCH3 is 1. The van der Waals surface area contributed by atoms with E-state index in [0.29, 0.717) is 6.54 Å². The zero-order valence-electron chi connectivity index (χ0n) is 11.1. The third kappa shape index (κ3) is 2.24. The van der Waals surface area contributed by atoms with E-state index in [9.17, 15) is 0 Å². The Morgan fingerprint density at radius 1 is 1.33 bits per heavy atom. The van der Waals surface area contributed by atoms with E-state index in [1.54, 1.807) is 7.11 Å². The van der Waals surface area contributed by atoms with E-state index >= 15 is 0 Å². The van der Waals surface area contributed by atoms with Crippen LogP contribution in [0.25, 0.3) is 0 Å². The number of rotatable bonds is 4. The van der Waals surface area contributed by atoms with E-state index in [0.717, 1.165) is 22.7 Å². The van der Waals surface area contributed by atoms with Gasteiger partial charge < -0.3 is 10.5 Å². The molecule has 4 heteroatoms. The van der Waals surface area contributed by atoms with Crippen molar-refractivity contribution in [3.63, 3.8) is 0 Å². The molecule has 18 heavy (non-hydrogen) atoms. The van der Waals surface area contributed by atoms with Crippen LogP contribution in [-0.4, -0.2) is 23.4 Å². The topological polar surface area (TPSA) is 53.1 Å². The Balaban J connectivity index is 2.48. The molecule has 0 aliphatic rings. The van der Waals surface area contributed by atoms with Crippen LogP contribution in [0.15, 0.2) is 30.3 Å². The largest absolute Gasteiger partial charge is 0.496 e. The lowest BCUT2D eigenvalue weighted by atomic mass is 10.1. The fourth-order valence-corrected chi connectivity index (χ4v) is 2.26. The maximum Gasteiger partial charge on any atom is 0.124 e. The zero-order valence-corrected chi connectivity index (χ0v) is 11.1. The third-order valence-corrected chi connectivity index (χ3v) is 3.06. The van der Waals surface area contributed by atoms with Crippen molar-refractivity contribution in [3.05, 3.63) is 47.3 Å². The molecule has 0 aliphatic heterocycles. The summed E-state index contributed by atoms with van der Waals surface area (Å²) in [4.78, 5) is 0. The Kier molecular flexibility index (Phi) is 3.67. The second-order valence-electron chi connectivity index (χ2n) is 4.37. The number of aryl methyl sites for hydroxylation is 2. The smallest absolute Gasteiger partial charge is 0.124 e. The van der Waals surface area contributed by atoms with Gasteiger partial charge in [0.25, 0.3) is 0 Å². The normalized spacial score (nSPS) is 12.4. The van der Waals surface area contributed by atoms with E-state index < -0.39 is 0 Å². The number of ether oxygens (including phenoxy) is 1. The summed E-state index contributed by atoms with van der Waals surface area (Å²) < 4.78 is 7.37. The Labute approximate surface area is 107 Å². The molecule has 2 rings (SSSR count). The van der Waals surface area contributed by atoms with Gasteiger partial charge in [-0.3, -0.25) is 4.68 Å². The molecule has 0 spiro atoms. The first-order valence-corrected chi connectivity index (χ1v) is 6.03. The molecule has 1 aromatic carbocycles. The number of aromatic nitrogens is 2. The lowest BCUT2D eigenvalue weighted by Gasteiger charge is -2.20. The highest BCUT2D eigenvalue weighted by Crippen LogP contribution is 2.27. The minimum Gasteiger partial charge on any atom is -0.496 e. The summed E-state index contributed by atoms with van der Waals surface area (Å²) in [5.74, 6) is 0.848. The molecule has 1 heterocycles. The van der Waals surface area contributed by atoms with Gasteiger partial charge in [0.05, 0.1) is 18.8 Å². The Hall–Kier alpha value is -1.81. The van der Waals surface area contributed by atoms with Crippen molar-refractivity contribution < 1.29 is 4.74 Å². The molecule has 1 aromatic heterocycles. The fraction of sp³-hybridized carbons (Fsp3) is 0.357. The van der Waals surface area contributed by atoms with E-state index in [-0.39, 0.29) is 6.04 Å². The number of benzene rings is 1. The number of nitrogens with zero attached hydrogens (tertiary/aromatic N) is 2. The van der Waals surface area contributed by atoms with Crippen LogP contribution in [0.1, 0.15) is 23.0 Å². The van der Waals surface area contributed by atoms with Crippen LogP contribution in [0.4, 0.5) is 0 Å². The lowest BCUT2D eigenvalue weighted by Crippen LogP contribution is -2.23. The zero-order chi connectivity index (χ0) is 13.1. The third-order valence-electron chi connectivity index (χ3n) is 3.06. The quantitative estimate of drug-likeness (QED) is 0.897. The van der Waals surface area contributed by atoms with Crippen LogP contribution in [0.5, 0.6) is 5.75 Å². The maximum absolute atomic E-state index is 5.92. The van der Waals surface area contributed by atoms with Crippen LogP contribution in [0.3, 0.4) is 0 Å². The standard InChI is InChI=1S/C14H19N3O/c1-10-8-11(2)17(16-10)13(9-15)12-6-4-5-7-14(12)18-3/h4-8,13H,9,15H2,1-3H3. The van der Waals surface area contributed by atoms with Crippen LogP contribution >= 0.6 is 0 Å². The van der Waals surface area contributed by atoms with Gasteiger partial charge in [-0.2, -0.15) is 5.10 Å². The van der Waals surface area contributed by atoms with Gasteiger partial charge in [-0.05, 0) is 26.0 Å². The fourth-order valence-electron chi connectivity index (χ4n) is 2.26. The Bertz CT molecular complexity index is 534. The van der Waals surface area contributed by atoms with Crippen molar-refractivity contribution >= 4 is 0 Å². The summed E-state index contributed by atoms with van der Waals surface area (Å²) in [6.07, 6.45) is 0. The average molecular weight is 245 g/mol. The SMILES string of the molecule is COc1ccccc1C(CN)n1nc(C)cc1C. The van der Waals surface area contributed by atoms with Crippen molar-refractivity contribution in [2.75, 3.05) is 13.7 Å². The Morgan fingerprint density at radius 2 is 2.06 bits per heavy atom. The van der Waals surface area contributed by atoms with Crippen molar-refractivity contribution in [1.82, 2.24) is 9.78 Å². The molecule has 0 radical (unpaired) electrons. The van der Waals surface area contributed by atoms with Gasteiger partial charge >= 0.3 is 0 Å². The first kappa shape index (κ1) is 12.6. The van der Waals surface area contributed by atoms with Gasteiger partial charge in [0.2, 0.25) is 0 Å². The monoisotopic (exact) mass is 245 g/mol. The van der Waals surface area contributed by atoms with Gasteiger partial charge in [-0.25, -0.2) is 0 Å².